The van der Waals surface area contributed by atoms with Crippen LogP contribution in [0.25, 0.3) is 0 Å². The Bertz CT molecular complexity index is 587. The van der Waals surface area contributed by atoms with E-state index in [1.165, 1.54) is 12.1 Å². The molecule has 0 radical (unpaired) electrons. The number of ether oxygens (including phenoxy) is 1. The van der Waals surface area contributed by atoms with Gasteiger partial charge in [-0.2, -0.15) is 0 Å². The van der Waals surface area contributed by atoms with Gasteiger partial charge in [-0.25, -0.2) is 14.2 Å². The zero-order valence-corrected chi connectivity index (χ0v) is 10.5. The van der Waals surface area contributed by atoms with Crippen molar-refractivity contribution in [1.82, 2.24) is 4.98 Å². The number of thiazole rings is 1. The van der Waals surface area contributed by atoms with Gasteiger partial charge in [0.25, 0.3) is 0 Å². The summed E-state index contributed by atoms with van der Waals surface area (Å²) in [4.78, 5) is 14.4. The third-order valence-electron chi connectivity index (χ3n) is 2.00. The molecule has 0 atom stereocenters. The van der Waals surface area contributed by atoms with E-state index in [0.29, 0.717) is 5.69 Å². The summed E-state index contributed by atoms with van der Waals surface area (Å²) in [5, 5.41) is 10.5. The van der Waals surface area contributed by atoms with Crippen molar-refractivity contribution in [2.45, 2.75) is 6.61 Å². The Hall–Kier alpha value is -1.66. The monoisotopic (exact) mass is 287 g/mol. The lowest BCUT2D eigenvalue weighted by atomic mass is 10.3. The Kier molecular flexibility index (Phi) is 3.78. The molecule has 0 unspecified atom stereocenters. The molecule has 7 heteroatoms. The van der Waals surface area contributed by atoms with Gasteiger partial charge >= 0.3 is 5.97 Å². The van der Waals surface area contributed by atoms with Crippen molar-refractivity contribution >= 4 is 28.9 Å². The van der Waals surface area contributed by atoms with Crippen molar-refractivity contribution in [2.24, 2.45) is 0 Å². The van der Waals surface area contributed by atoms with Crippen LogP contribution in [-0.2, 0) is 6.61 Å². The van der Waals surface area contributed by atoms with E-state index in [4.69, 9.17) is 21.4 Å². The summed E-state index contributed by atoms with van der Waals surface area (Å²) < 4.78 is 18.6. The van der Waals surface area contributed by atoms with E-state index < -0.39 is 11.8 Å². The normalized spacial score (nSPS) is 10.3. The van der Waals surface area contributed by atoms with E-state index >= 15 is 0 Å². The topological polar surface area (TPSA) is 59.4 Å². The van der Waals surface area contributed by atoms with Gasteiger partial charge in [0.1, 0.15) is 6.61 Å². The van der Waals surface area contributed by atoms with Crippen molar-refractivity contribution in [2.75, 3.05) is 0 Å². The van der Waals surface area contributed by atoms with E-state index in [0.717, 1.165) is 17.4 Å². The van der Waals surface area contributed by atoms with Gasteiger partial charge in [0.2, 0.25) is 5.01 Å². The molecule has 1 heterocycles. The van der Waals surface area contributed by atoms with E-state index in [1.807, 2.05) is 0 Å². The second-order valence-electron chi connectivity index (χ2n) is 3.31. The number of halogens is 2. The highest BCUT2D eigenvalue weighted by atomic mass is 35.5. The predicted molar refractivity (Wildman–Crippen MR) is 64.8 cm³/mol. The number of carboxylic acids is 1. The number of aromatic nitrogens is 1. The number of rotatable bonds is 4. The molecule has 0 spiro atoms. The summed E-state index contributed by atoms with van der Waals surface area (Å²) in [6.45, 7) is 0.00231. The highest BCUT2D eigenvalue weighted by Crippen LogP contribution is 2.22. The van der Waals surface area contributed by atoms with Crippen LogP contribution in [-0.4, -0.2) is 16.1 Å². The average molecular weight is 288 g/mol. The van der Waals surface area contributed by atoms with Gasteiger partial charge in [0, 0.05) is 10.4 Å². The van der Waals surface area contributed by atoms with Crippen molar-refractivity contribution in [3.63, 3.8) is 0 Å². The van der Waals surface area contributed by atoms with Gasteiger partial charge < -0.3 is 9.84 Å². The van der Waals surface area contributed by atoms with Crippen LogP contribution in [0.2, 0.25) is 5.02 Å². The second kappa shape index (κ2) is 5.32. The molecule has 2 rings (SSSR count). The molecule has 18 heavy (non-hydrogen) atoms. The Morgan fingerprint density at radius 3 is 2.94 bits per heavy atom. The van der Waals surface area contributed by atoms with E-state index in [9.17, 15) is 9.18 Å². The first-order valence-corrected chi connectivity index (χ1v) is 6.07. The summed E-state index contributed by atoms with van der Waals surface area (Å²) in [7, 11) is 0. The number of hydrogen-bond donors (Lipinski definition) is 1. The number of benzene rings is 1. The summed E-state index contributed by atoms with van der Waals surface area (Å²) >= 11 is 6.59. The van der Waals surface area contributed by atoms with Gasteiger partial charge in [-0.15, -0.1) is 11.3 Å². The van der Waals surface area contributed by atoms with Gasteiger partial charge in [0.15, 0.2) is 11.6 Å². The summed E-state index contributed by atoms with van der Waals surface area (Å²) in [6.07, 6.45) is 0. The van der Waals surface area contributed by atoms with Crippen LogP contribution in [0, 0.1) is 5.82 Å². The number of hydrogen-bond acceptors (Lipinski definition) is 4. The maximum absolute atomic E-state index is 13.4. The standard InChI is InChI=1S/C11H7ClFNO3S/c12-6-1-2-9(8(13)3-6)17-4-7-5-18-10(14-7)11(15)16/h1-3,5H,4H2,(H,15,16). The fourth-order valence-electron chi connectivity index (χ4n) is 1.22. The Labute approximate surface area is 111 Å². The predicted octanol–water partition coefficient (Wildman–Crippen LogP) is 3.21. The van der Waals surface area contributed by atoms with Gasteiger partial charge in [-0.05, 0) is 18.2 Å². The minimum atomic E-state index is -1.09. The van der Waals surface area contributed by atoms with Crippen LogP contribution in [0.3, 0.4) is 0 Å². The van der Waals surface area contributed by atoms with Crippen molar-refractivity contribution in [3.8, 4) is 5.75 Å². The SMILES string of the molecule is O=C(O)c1nc(COc2ccc(Cl)cc2F)cs1. The van der Waals surface area contributed by atoms with Crippen LogP contribution in [0.15, 0.2) is 23.6 Å². The van der Waals surface area contributed by atoms with Gasteiger partial charge in [-0.1, -0.05) is 11.6 Å². The van der Waals surface area contributed by atoms with Gasteiger partial charge in [0.05, 0.1) is 5.69 Å². The van der Waals surface area contributed by atoms with E-state index in [-0.39, 0.29) is 22.4 Å². The van der Waals surface area contributed by atoms with Gasteiger partial charge in [-0.3, -0.25) is 0 Å². The molecule has 4 nitrogen and oxygen atoms in total. The van der Waals surface area contributed by atoms with Crippen LogP contribution < -0.4 is 4.74 Å². The third-order valence-corrected chi connectivity index (χ3v) is 3.12. The molecule has 0 aliphatic carbocycles. The molecule has 1 aromatic heterocycles. The van der Waals surface area contributed by atoms with E-state index in [2.05, 4.69) is 4.98 Å². The van der Waals surface area contributed by atoms with E-state index in [1.54, 1.807) is 5.38 Å². The molecule has 1 aromatic carbocycles. The Morgan fingerprint density at radius 1 is 1.56 bits per heavy atom. The fraction of sp³-hybridized carbons (Fsp3) is 0.0909. The molecule has 0 fully saturated rings. The first kappa shape index (κ1) is 12.8. The largest absolute Gasteiger partial charge is 0.484 e. The number of carbonyl (C=O) groups is 1. The highest BCUT2D eigenvalue weighted by Gasteiger charge is 2.10. The number of nitrogens with zero attached hydrogens (tertiary/aromatic N) is 1. The molecule has 0 aliphatic rings. The Balaban J connectivity index is 2.04. The van der Waals surface area contributed by atoms with Crippen LogP contribution in [0.5, 0.6) is 5.75 Å². The lowest BCUT2D eigenvalue weighted by molar-refractivity contribution is 0.0696. The zero-order valence-electron chi connectivity index (χ0n) is 8.89. The van der Waals surface area contributed by atoms with Crippen molar-refractivity contribution in [3.05, 3.63) is 45.1 Å². The first-order valence-electron chi connectivity index (χ1n) is 4.82. The molecular formula is C11H7ClFNO3S. The minimum Gasteiger partial charge on any atom is -0.484 e. The first-order chi connectivity index (χ1) is 8.56. The zero-order chi connectivity index (χ0) is 13.1. The fourth-order valence-corrected chi connectivity index (χ4v) is 2.01. The molecule has 1 N–H and O–H groups in total. The maximum atomic E-state index is 13.4. The lowest BCUT2D eigenvalue weighted by Crippen LogP contribution is -2.00. The maximum Gasteiger partial charge on any atom is 0.365 e. The average Bonchev–Trinajstić information content (AvgIpc) is 2.76. The third kappa shape index (κ3) is 2.96. The Morgan fingerprint density at radius 2 is 2.33 bits per heavy atom. The molecule has 2 aromatic rings. The molecule has 94 valence electrons. The molecule has 0 amide bonds. The lowest BCUT2D eigenvalue weighted by Gasteiger charge is -2.05. The van der Waals surface area contributed by atoms with Crippen molar-refractivity contribution in [1.29, 1.82) is 0 Å². The summed E-state index contributed by atoms with van der Waals surface area (Å²) in [5.41, 5.74) is 0.437. The van der Waals surface area contributed by atoms with Crippen molar-refractivity contribution < 1.29 is 19.0 Å². The number of carboxylic acid groups (broad SMARTS) is 1. The minimum absolute atomic E-state index is 0.00231. The van der Waals surface area contributed by atoms with Crippen LogP contribution in [0.4, 0.5) is 4.39 Å². The smallest absolute Gasteiger partial charge is 0.365 e. The molecular weight excluding hydrogens is 281 g/mol. The number of aromatic carboxylic acids is 1. The molecule has 0 aliphatic heterocycles. The van der Waals surface area contributed by atoms with Crippen LogP contribution in [0.1, 0.15) is 15.5 Å². The molecule has 0 saturated heterocycles. The highest BCUT2D eigenvalue weighted by molar-refractivity contribution is 7.11. The second-order valence-corrected chi connectivity index (χ2v) is 4.61. The molecule has 0 bridgehead atoms. The van der Waals surface area contributed by atoms with Crippen LogP contribution >= 0.6 is 22.9 Å². The quantitative estimate of drug-likeness (QED) is 0.938. The summed E-state index contributed by atoms with van der Waals surface area (Å²) in [5.74, 6) is -1.62. The summed E-state index contributed by atoms with van der Waals surface area (Å²) in [6, 6.07) is 4.05. The molecule has 0 saturated carbocycles.